The van der Waals surface area contributed by atoms with Gasteiger partial charge in [0.1, 0.15) is 29.9 Å². The zero-order chi connectivity index (χ0) is 44.2. The van der Waals surface area contributed by atoms with Crippen molar-refractivity contribution in [3.05, 3.63) is 106 Å². The number of rotatable bonds is 11. The summed E-state index contributed by atoms with van der Waals surface area (Å²) < 4.78 is 53.4. The lowest BCUT2D eigenvalue weighted by molar-refractivity contribution is -0.384. The maximum Gasteiger partial charge on any atom is 0.297 e. The Labute approximate surface area is 371 Å². The van der Waals surface area contributed by atoms with Crippen molar-refractivity contribution in [2.75, 3.05) is 56.3 Å². The molecular weight excluding hydrogens is 839 g/mol. The molecule has 16 nitrogen and oxygen atoms in total. The molecule has 1 spiro atoms. The summed E-state index contributed by atoms with van der Waals surface area (Å²) >= 11 is 0. The summed E-state index contributed by atoms with van der Waals surface area (Å²) in [6.07, 6.45) is 9.80. The Balaban J connectivity index is 0.861. The predicted molar refractivity (Wildman–Crippen MR) is 240 cm³/mol. The van der Waals surface area contributed by atoms with Crippen LogP contribution in [0.2, 0.25) is 0 Å². The average molecular weight is 892 g/mol. The summed E-state index contributed by atoms with van der Waals surface area (Å²) in [6, 6.07) is 20.4. The number of nitro groups is 1. The van der Waals surface area contributed by atoms with E-state index in [4.69, 9.17) is 18.9 Å². The molecule has 5 aliphatic rings. The molecule has 0 unspecified atom stereocenters. The number of nitro benzene ring substituents is 1. The number of nitrogens with one attached hydrogen (secondary N) is 3. The molecule has 0 radical (unpaired) electrons. The Morgan fingerprint density at radius 2 is 1.86 bits per heavy atom. The van der Waals surface area contributed by atoms with E-state index in [1.807, 2.05) is 12.1 Å². The van der Waals surface area contributed by atoms with E-state index in [0.29, 0.717) is 48.0 Å². The number of hydrogen-bond donors (Lipinski definition) is 3. The highest BCUT2D eigenvalue weighted by Gasteiger charge is 2.50. The van der Waals surface area contributed by atoms with Gasteiger partial charge in [-0.25, -0.2) is 18.1 Å². The number of carbonyl (C=O) groups is 1. The van der Waals surface area contributed by atoms with Gasteiger partial charge in [-0.1, -0.05) is 38.1 Å². The lowest BCUT2D eigenvalue weighted by atomic mass is 9.59. The summed E-state index contributed by atoms with van der Waals surface area (Å²) in [5, 5.41) is 16.2. The number of hydrogen-bond acceptors (Lipinski definition) is 13. The zero-order valence-corrected chi connectivity index (χ0v) is 36.8. The molecule has 3 aromatic carbocycles. The van der Waals surface area contributed by atoms with Gasteiger partial charge in [-0.2, -0.15) is 0 Å². The van der Waals surface area contributed by atoms with Crippen LogP contribution in [0.4, 0.5) is 17.1 Å². The molecule has 3 atom stereocenters. The summed E-state index contributed by atoms with van der Waals surface area (Å²) in [6.45, 7) is 8.53. The number of likely N-dealkylation sites (tertiary alicyclic amines) is 1. The molecule has 2 aromatic heterocycles. The third-order valence-corrected chi connectivity index (χ3v) is 15.2. The van der Waals surface area contributed by atoms with Gasteiger partial charge in [-0.3, -0.25) is 19.8 Å². The molecule has 1 amide bonds. The number of pyridine rings is 1. The van der Waals surface area contributed by atoms with Crippen molar-refractivity contribution in [2.45, 2.75) is 87.4 Å². The van der Waals surface area contributed by atoms with Crippen LogP contribution in [0, 0.1) is 15.5 Å². The second kappa shape index (κ2) is 17.0. The number of piperidine rings is 1. The van der Waals surface area contributed by atoms with E-state index < -0.39 is 43.6 Å². The van der Waals surface area contributed by atoms with Crippen LogP contribution in [0.3, 0.4) is 0 Å². The fourth-order valence-corrected chi connectivity index (χ4v) is 11.5. The van der Waals surface area contributed by atoms with Crippen molar-refractivity contribution in [3.8, 4) is 17.2 Å². The summed E-state index contributed by atoms with van der Waals surface area (Å²) in [5.41, 5.74) is 4.21. The molecule has 3 N–H and O–H groups in total. The topological polar surface area (TPSA) is 190 Å². The highest BCUT2D eigenvalue weighted by Crippen LogP contribution is 2.54. The van der Waals surface area contributed by atoms with Gasteiger partial charge in [0, 0.05) is 60.6 Å². The van der Waals surface area contributed by atoms with Crippen LogP contribution in [0.25, 0.3) is 11.0 Å². The minimum atomic E-state index is -4.66. The minimum Gasteiger partial charge on any atom is -0.489 e. The highest BCUT2D eigenvalue weighted by atomic mass is 32.2. The number of anilines is 2. The molecule has 17 heteroatoms. The molecule has 10 rings (SSSR count). The van der Waals surface area contributed by atoms with E-state index in [2.05, 4.69) is 67.9 Å². The minimum absolute atomic E-state index is 0.0178. The third kappa shape index (κ3) is 8.14. The number of amides is 1. The van der Waals surface area contributed by atoms with Crippen LogP contribution in [0.5, 0.6) is 17.2 Å². The number of fused-ring (bicyclic) bond motifs is 2. The van der Waals surface area contributed by atoms with Crippen molar-refractivity contribution in [1.82, 2.24) is 19.6 Å². The first kappa shape index (κ1) is 42.2. The van der Waals surface area contributed by atoms with Crippen molar-refractivity contribution in [1.29, 1.82) is 0 Å². The molecule has 336 valence electrons. The number of aromatic nitrogens is 2. The Bertz CT molecular complexity index is 2690. The number of sulfonamides is 1. The number of ether oxygens (including phenoxy) is 4. The van der Waals surface area contributed by atoms with E-state index in [9.17, 15) is 23.3 Å². The van der Waals surface area contributed by atoms with Gasteiger partial charge in [0.05, 0.1) is 47.4 Å². The van der Waals surface area contributed by atoms with E-state index in [1.165, 1.54) is 49.1 Å². The van der Waals surface area contributed by atoms with E-state index >= 15 is 0 Å². The van der Waals surface area contributed by atoms with Crippen LogP contribution < -0.4 is 24.4 Å². The first-order chi connectivity index (χ1) is 30.9. The number of H-pyrrole nitrogens is 1. The molecule has 1 aliphatic carbocycles. The molecule has 4 aliphatic heterocycles. The standard InChI is InChI=1S/C47H53N7O9S/c1-29(2)35-6-3-4-7-36(35)39-8-5-15-53(39)32-24-47(25-32)12-16-52(17-13-47)31-9-10-37(41(21-31)63-33-20-30-11-14-48-45(30)49-26-33)46(55)51-64(58,59)34-22-40(54(56)57)44-42(23-34)62-27-38(50-44)43-28-60-18-19-61-43/h3-4,6-7,9-11,14,20-23,26,29,32,38-39,43,50H,5,8,12-13,15-19,24-25,27-28H2,1-2H3,(H,48,49)(H,51,55)/t38-,39-,43+/m0/s1. The summed E-state index contributed by atoms with van der Waals surface area (Å²) in [5.74, 6) is -0.0277. The van der Waals surface area contributed by atoms with Crippen LogP contribution in [-0.4, -0.2) is 98.4 Å². The third-order valence-electron chi connectivity index (χ3n) is 13.9. The maximum atomic E-state index is 14.1. The fourth-order valence-electron chi connectivity index (χ4n) is 10.5. The second-order valence-corrected chi connectivity index (χ2v) is 19.8. The van der Waals surface area contributed by atoms with E-state index in [-0.39, 0.29) is 36.0 Å². The first-order valence-corrected chi connectivity index (χ1v) is 23.7. The van der Waals surface area contributed by atoms with Gasteiger partial charge in [0.2, 0.25) is 0 Å². The number of carbonyl (C=O) groups excluding carboxylic acids is 1. The van der Waals surface area contributed by atoms with Crippen LogP contribution >= 0.6 is 0 Å². The average Bonchev–Trinajstić information content (AvgIpc) is 3.98. The molecule has 1 saturated carbocycles. The smallest absolute Gasteiger partial charge is 0.297 e. The Morgan fingerprint density at radius 1 is 1.03 bits per heavy atom. The quantitative estimate of drug-likeness (QED) is 0.0866. The van der Waals surface area contributed by atoms with Gasteiger partial charge in [0.15, 0.2) is 11.4 Å². The summed E-state index contributed by atoms with van der Waals surface area (Å²) in [4.78, 5) is 37.7. The highest BCUT2D eigenvalue weighted by molar-refractivity contribution is 7.90. The summed E-state index contributed by atoms with van der Waals surface area (Å²) in [7, 11) is -4.66. The molecule has 0 bridgehead atoms. The molecule has 5 aromatic rings. The number of benzene rings is 3. The zero-order valence-electron chi connectivity index (χ0n) is 36.0. The van der Waals surface area contributed by atoms with E-state index in [1.54, 1.807) is 24.4 Å². The molecule has 6 heterocycles. The van der Waals surface area contributed by atoms with Gasteiger partial charge < -0.3 is 34.1 Å². The van der Waals surface area contributed by atoms with E-state index in [0.717, 1.165) is 49.6 Å². The molecule has 4 fully saturated rings. The van der Waals surface area contributed by atoms with Gasteiger partial charge in [-0.15, -0.1) is 0 Å². The lowest BCUT2D eigenvalue weighted by Gasteiger charge is -2.56. The Hall–Kier alpha value is -5.75. The number of aromatic amines is 1. The number of nitrogens with zero attached hydrogens (tertiary/aromatic N) is 4. The lowest BCUT2D eigenvalue weighted by Crippen LogP contribution is -2.54. The van der Waals surface area contributed by atoms with Crippen molar-refractivity contribution < 1.29 is 37.1 Å². The first-order valence-electron chi connectivity index (χ1n) is 22.3. The monoisotopic (exact) mass is 891 g/mol. The van der Waals surface area contributed by atoms with Crippen molar-refractivity contribution >= 4 is 44.0 Å². The Kier molecular flexibility index (Phi) is 11.2. The van der Waals surface area contributed by atoms with Crippen molar-refractivity contribution in [2.24, 2.45) is 5.41 Å². The predicted octanol–water partition coefficient (Wildman–Crippen LogP) is 7.68. The second-order valence-electron chi connectivity index (χ2n) is 18.2. The SMILES string of the molecule is CC(C)c1ccccc1[C@@H]1CCCN1C1CC2(CCN(c3ccc(C(=O)NS(=O)(=O)c4cc5c(c([N+](=O)[O-])c4)N[C@H]([C@H]4COCCO4)CO5)c(Oc4cnc5[nH]ccc5c4)c3)CC2)C1. The largest absolute Gasteiger partial charge is 0.489 e. The van der Waals surface area contributed by atoms with Gasteiger partial charge in [-0.05, 0) is 91.8 Å². The fraction of sp³-hybridized carbons (Fsp3) is 0.447. The van der Waals surface area contributed by atoms with Crippen LogP contribution in [0.15, 0.2) is 84.0 Å². The normalized spacial score (nSPS) is 22.4. The maximum absolute atomic E-state index is 14.1. The van der Waals surface area contributed by atoms with Gasteiger partial charge >= 0.3 is 0 Å². The molecular formula is C47H53N7O9S. The Morgan fingerprint density at radius 3 is 2.64 bits per heavy atom. The van der Waals surface area contributed by atoms with Crippen LogP contribution in [0.1, 0.15) is 85.8 Å². The van der Waals surface area contributed by atoms with Gasteiger partial charge in [0.25, 0.3) is 21.6 Å². The van der Waals surface area contributed by atoms with Crippen LogP contribution in [-0.2, 0) is 19.5 Å². The van der Waals surface area contributed by atoms with Crippen molar-refractivity contribution in [3.63, 3.8) is 0 Å². The molecule has 64 heavy (non-hydrogen) atoms. The molecule has 3 saturated heterocycles.